The number of imide groups is 1. The van der Waals surface area contributed by atoms with Gasteiger partial charge in [0.1, 0.15) is 12.3 Å². The number of thioether (sulfide) groups is 1. The quantitative estimate of drug-likeness (QED) is 0.726. The molecule has 0 N–H and O–H groups in total. The molecule has 0 aromatic heterocycles. The third-order valence-electron chi connectivity index (χ3n) is 4.00. The Morgan fingerprint density at radius 3 is 2.73 bits per heavy atom. The minimum atomic E-state index is -0.478. The second-order valence-corrected chi connectivity index (χ2v) is 7.06. The molecular weight excluding hydrogens is 380 g/mol. The van der Waals surface area contributed by atoms with E-state index in [1.165, 1.54) is 7.11 Å². The fourth-order valence-electron chi connectivity index (χ4n) is 2.61. The molecule has 2 saturated heterocycles. The van der Waals surface area contributed by atoms with Crippen LogP contribution >= 0.6 is 23.4 Å². The second kappa shape index (κ2) is 8.11. The first-order valence-corrected chi connectivity index (χ1v) is 9.13. The number of hydrogen-bond donors (Lipinski definition) is 0. The van der Waals surface area contributed by atoms with Crippen LogP contribution in [-0.4, -0.2) is 66.8 Å². The average Bonchev–Trinajstić information content (AvgIpc) is 2.90. The Kier molecular flexibility index (Phi) is 5.85. The molecule has 26 heavy (non-hydrogen) atoms. The number of nitrogens with zero attached hydrogens (tertiary/aromatic N) is 2. The van der Waals surface area contributed by atoms with E-state index < -0.39 is 11.1 Å². The molecule has 138 valence electrons. The first-order valence-electron chi connectivity index (χ1n) is 7.94. The minimum absolute atomic E-state index is 0.256. The van der Waals surface area contributed by atoms with Crippen molar-refractivity contribution in [3.8, 4) is 5.75 Å². The van der Waals surface area contributed by atoms with Gasteiger partial charge in [-0.15, -0.1) is 0 Å². The molecule has 7 nitrogen and oxygen atoms in total. The molecule has 9 heteroatoms. The highest BCUT2D eigenvalue weighted by Crippen LogP contribution is 2.33. The van der Waals surface area contributed by atoms with Gasteiger partial charge in [0.2, 0.25) is 5.91 Å². The van der Waals surface area contributed by atoms with E-state index >= 15 is 0 Å². The standard InChI is InChI=1S/C17H17ClN2O5S/c1-24-13-3-2-11(8-12(13)18)9-14-16(22)20(17(23)26-14)10-15(21)19-4-6-25-7-5-19/h2-3,8-9H,4-7,10H2,1H3/b14-9-. The molecule has 2 aliphatic rings. The van der Waals surface area contributed by atoms with Crippen molar-refractivity contribution in [2.75, 3.05) is 40.0 Å². The van der Waals surface area contributed by atoms with Crippen molar-refractivity contribution in [3.05, 3.63) is 33.7 Å². The highest BCUT2D eigenvalue weighted by molar-refractivity contribution is 8.18. The van der Waals surface area contributed by atoms with Crippen molar-refractivity contribution in [3.63, 3.8) is 0 Å². The lowest BCUT2D eigenvalue weighted by molar-refractivity contribution is -0.139. The maximum Gasteiger partial charge on any atom is 0.294 e. The molecule has 1 aromatic rings. The number of rotatable bonds is 4. The van der Waals surface area contributed by atoms with E-state index in [0.717, 1.165) is 16.7 Å². The zero-order valence-electron chi connectivity index (χ0n) is 14.1. The van der Waals surface area contributed by atoms with Gasteiger partial charge in [0.05, 0.1) is 30.3 Å². The molecule has 0 bridgehead atoms. The maximum atomic E-state index is 12.5. The lowest BCUT2D eigenvalue weighted by Crippen LogP contribution is -2.46. The van der Waals surface area contributed by atoms with Crippen LogP contribution in [0.5, 0.6) is 5.75 Å². The van der Waals surface area contributed by atoms with E-state index in [-0.39, 0.29) is 17.4 Å². The Labute approximate surface area is 159 Å². The highest BCUT2D eigenvalue weighted by Gasteiger charge is 2.37. The van der Waals surface area contributed by atoms with Gasteiger partial charge in [0.15, 0.2) is 0 Å². The minimum Gasteiger partial charge on any atom is -0.495 e. The largest absolute Gasteiger partial charge is 0.495 e. The van der Waals surface area contributed by atoms with Crippen LogP contribution in [-0.2, 0) is 14.3 Å². The Morgan fingerprint density at radius 1 is 1.35 bits per heavy atom. The fourth-order valence-corrected chi connectivity index (χ4v) is 3.71. The molecule has 0 spiro atoms. The number of benzene rings is 1. The highest BCUT2D eigenvalue weighted by atomic mass is 35.5. The molecule has 3 amide bonds. The van der Waals surface area contributed by atoms with E-state index in [9.17, 15) is 14.4 Å². The number of amides is 3. The molecule has 0 saturated carbocycles. The summed E-state index contributed by atoms with van der Waals surface area (Å²) < 4.78 is 10.3. The summed E-state index contributed by atoms with van der Waals surface area (Å²) in [5.74, 6) is -0.217. The monoisotopic (exact) mass is 396 g/mol. The van der Waals surface area contributed by atoms with Gasteiger partial charge in [0.25, 0.3) is 11.1 Å². The van der Waals surface area contributed by atoms with E-state index in [1.54, 1.807) is 29.2 Å². The number of hydrogen-bond acceptors (Lipinski definition) is 6. The Bertz CT molecular complexity index is 776. The van der Waals surface area contributed by atoms with Crippen LogP contribution in [0.2, 0.25) is 5.02 Å². The summed E-state index contributed by atoms with van der Waals surface area (Å²) >= 11 is 6.89. The van der Waals surface area contributed by atoms with Crippen molar-refractivity contribution in [1.82, 2.24) is 9.80 Å². The van der Waals surface area contributed by atoms with Crippen molar-refractivity contribution >= 4 is 46.5 Å². The van der Waals surface area contributed by atoms with Crippen LogP contribution in [0, 0.1) is 0 Å². The number of methoxy groups -OCH3 is 1. The van der Waals surface area contributed by atoms with Crippen molar-refractivity contribution in [2.45, 2.75) is 0 Å². The van der Waals surface area contributed by atoms with Crippen LogP contribution in [0.1, 0.15) is 5.56 Å². The molecule has 2 fully saturated rings. The summed E-state index contributed by atoms with van der Waals surface area (Å²) in [5, 5.41) is -0.0505. The smallest absolute Gasteiger partial charge is 0.294 e. The topological polar surface area (TPSA) is 76.2 Å². The van der Waals surface area contributed by atoms with Crippen LogP contribution in [0.4, 0.5) is 4.79 Å². The Hall–Kier alpha value is -2.03. The van der Waals surface area contributed by atoms with E-state index in [4.69, 9.17) is 21.1 Å². The lowest BCUT2D eigenvalue weighted by atomic mass is 10.2. The zero-order valence-corrected chi connectivity index (χ0v) is 15.6. The molecule has 3 rings (SSSR count). The van der Waals surface area contributed by atoms with Crippen molar-refractivity contribution in [1.29, 1.82) is 0 Å². The van der Waals surface area contributed by atoms with Gasteiger partial charge in [-0.1, -0.05) is 17.7 Å². The van der Waals surface area contributed by atoms with Gasteiger partial charge in [-0.2, -0.15) is 0 Å². The summed E-state index contributed by atoms with van der Waals surface area (Å²) in [5.41, 5.74) is 0.667. The maximum absolute atomic E-state index is 12.5. The van der Waals surface area contributed by atoms with E-state index in [2.05, 4.69) is 0 Å². The van der Waals surface area contributed by atoms with Gasteiger partial charge in [-0.25, -0.2) is 0 Å². The molecule has 1 aromatic carbocycles. The SMILES string of the molecule is COc1ccc(/C=C2\SC(=O)N(CC(=O)N3CCOCC3)C2=O)cc1Cl. The van der Waals surface area contributed by atoms with Gasteiger partial charge in [0, 0.05) is 13.1 Å². The molecule has 0 unspecified atom stereocenters. The summed E-state index contributed by atoms with van der Waals surface area (Å²) in [6.07, 6.45) is 1.58. The van der Waals surface area contributed by atoms with Crippen molar-refractivity contribution < 1.29 is 23.9 Å². The van der Waals surface area contributed by atoms with Gasteiger partial charge < -0.3 is 14.4 Å². The number of carbonyl (C=O) groups excluding carboxylic acids is 3. The van der Waals surface area contributed by atoms with Crippen LogP contribution in [0.25, 0.3) is 6.08 Å². The molecule has 0 atom stereocenters. The third kappa shape index (κ3) is 4.03. The summed E-state index contributed by atoms with van der Waals surface area (Å²) in [4.78, 5) is 39.8. The molecule has 2 aliphatic heterocycles. The second-order valence-electron chi connectivity index (χ2n) is 5.65. The zero-order chi connectivity index (χ0) is 18.7. The van der Waals surface area contributed by atoms with E-state index in [0.29, 0.717) is 42.6 Å². The van der Waals surface area contributed by atoms with Crippen LogP contribution in [0.15, 0.2) is 23.1 Å². The first kappa shape index (κ1) is 18.8. The first-order chi connectivity index (χ1) is 12.5. The van der Waals surface area contributed by atoms with Crippen LogP contribution in [0.3, 0.4) is 0 Å². The van der Waals surface area contributed by atoms with Gasteiger partial charge >= 0.3 is 0 Å². The van der Waals surface area contributed by atoms with Gasteiger partial charge in [-0.3, -0.25) is 19.3 Å². The fraction of sp³-hybridized carbons (Fsp3) is 0.353. The number of ether oxygens (including phenoxy) is 2. The Morgan fingerprint density at radius 2 is 2.08 bits per heavy atom. The predicted octanol–water partition coefficient (Wildman–Crippen LogP) is 2.24. The lowest BCUT2D eigenvalue weighted by Gasteiger charge is -2.28. The Balaban J connectivity index is 1.71. The molecule has 0 aliphatic carbocycles. The third-order valence-corrected chi connectivity index (χ3v) is 5.21. The molecule has 0 radical (unpaired) electrons. The van der Waals surface area contributed by atoms with Crippen LogP contribution < -0.4 is 4.74 Å². The number of morpholine rings is 1. The predicted molar refractivity (Wildman–Crippen MR) is 98.1 cm³/mol. The molecule has 2 heterocycles. The normalized spacial score (nSPS) is 19.4. The summed E-state index contributed by atoms with van der Waals surface area (Å²) in [6, 6.07) is 5.06. The van der Waals surface area contributed by atoms with Gasteiger partial charge in [-0.05, 0) is 35.5 Å². The average molecular weight is 397 g/mol. The van der Waals surface area contributed by atoms with Crippen molar-refractivity contribution in [2.24, 2.45) is 0 Å². The number of carbonyl (C=O) groups is 3. The summed E-state index contributed by atoms with van der Waals surface area (Å²) in [7, 11) is 1.51. The van der Waals surface area contributed by atoms with E-state index in [1.807, 2.05) is 0 Å². The number of halogens is 1. The molecular formula is C17H17ClN2O5S. The summed E-state index contributed by atoms with van der Waals surface area (Å²) in [6.45, 7) is 1.60.